The van der Waals surface area contributed by atoms with Gasteiger partial charge in [0, 0.05) is 36.0 Å². The summed E-state index contributed by atoms with van der Waals surface area (Å²) in [4.78, 5) is 4.21. The van der Waals surface area contributed by atoms with Crippen LogP contribution in [0, 0.1) is 5.82 Å². The predicted octanol–water partition coefficient (Wildman–Crippen LogP) is 2.89. The van der Waals surface area contributed by atoms with E-state index in [4.69, 9.17) is 14.1 Å². The Morgan fingerprint density at radius 1 is 1.42 bits per heavy atom. The predicted molar refractivity (Wildman–Crippen MR) is 88.8 cm³/mol. The van der Waals surface area contributed by atoms with E-state index in [9.17, 15) is 9.41 Å². The summed E-state index contributed by atoms with van der Waals surface area (Å²) in [6.07, 6.45) is 3.84. The second-order valence-electron chi connectivity index (χ2n) is 5.62. The van der Waals surface area contributed by atoms with E-state index >= 15 is 0 Å². The van der Waals surface area contributed by atoms with Gasteiger partial charge in [0.05, 0.1) is 13.7 Å². The third-order valence-corrected chi connectivity index (χ3v) is 4.09. The van der Waals surface area contributed by atoms with Gasteiger partial charge in [-0.25, -0.2) is 4.39 Å². The molecule has 7 heteroatoms. The number of ether oxygens (including phenoxy) is 2. The van der Waals surface area contributed by atoms with E-state index in [1.54, 1.807) is 31.5 Å². The van der Waals surface area contributed by atoms with E-state index < -0.39 is 12.9 Å². The standard InChI is InChI=1S/C17H19BFNO4/c1-3-23-17-15(22-2)5-4-14(16(17)19)12-6-11(8-20-9-12)13-7-18(21)24-10-13/h4-6,8-9,13,21H,3,7,10H2,1-2H3/t13-/m0/s1. The molecule has 0 amide bonds. The number of aromatic nitrogens is 1. The van der Waals surface area contributed by atoms with Crippen LogP contribution in [0.2, 0.25) is 6.32 Å². The van der Waals surface area contributed by atoms with Gasteiger partial charge in [-0.15, -0.1) is 0 Å². The maximum Gasteiger partial charge on any atom is 0.454 e. The molecule has 126 valence electrons. The van der Waals surface area contributed by atoms with E-state index in [0.717, 1.165) is 5.56 Å². The van der Waals surface area contributed by atoms with Crippen molar-refractivity contribution >= 4 is 7.12 Å². The molecule has 24 heavy (non-hydrogen) atoms. The SMILES string of the molecule is CCOc1c(OC)ccc(-c2cncc([C@@H]3COB(O)C3)c2)c1F. The van der Waals surface area contributed by atoms with Crippen LogP contribution >= 0.6 is 0 Å². The van der Waals surface area contributed by atoms with E-state index in [1.807, 2.05) is 6.07 Å². The Hall–Kier alpha value is -2.12. The smallest absolute Gasteiger partial charge is 0.454 e. The van der Waals surface area contributed by atoms with Gasteiger partial charge in [-0.2, -0.15) is 0 Å². The van der Waals surface area contributed by atoms with Crippen LogP contribution in [-0.4, -0.2) is 37.4 Å². The molecule has 1 aliphatic heterocycles. The van der Waals surface area contributed by atoms with Crippen LogP contribution in [-0.2, 0) is 4.65 Å². The molecule has 0 bridgehead atoms. The van der Waals surface area contributed by atoms with Crippen molar-refractivity contribution in [2.24, 2.45) is 0 Å². The van der Waals surface area contributed by atoms with E-state index in [-0.39, 0.29) is 11.7 Å². The first-order valence-electron chi connectivity index (χ1n) is 7.88. The molecule has 2 heterocycles. The lowest BCUT2D eigenvalue weighted by Gasteiger charge is -2.14. The van der Waals surface area contributed by atoms with Gasteiger partial charge in [-0.3, -0.25) is 4.98 Å². The van der Waals surface area contributed by atoms with Crippen LogP contribution in [0.1, 0.15) is 18.4 Å². The maximum absolute atomic E-state index is 14.9. The number of nitrogens with zero attached hydrogens (tertiary/aromatic N) is 1. The highest BCUT2D eigenvalue weighted by Crippen LogP contribution is 2.38. The molecule has 1 aliphatic rings. The minimum Gasteiger partial charge on any atom is -0.493 e. The fourth-order valence-electron chi connectivity index (χ4n) is 2.87. The molecule has 1 N–H and O–H groups in total. The second kappa shape index (κ2) is 7.19. The first-order valence-corrected chi connectivity index (χ1v) is 7.88. The number of methoxy groups -OCH3 is 1. The average molecular weight is 331 g/mol. The summed E-state index contributed by atoms with van der Waals surface area (Å²) < 4.78 is 30.6. The highest BCUT2D eigenvalue weighted by atomic mass is 19.1. The zero-order valence-electron chi connectivity index (χ0n) is 13.7. The maximum atomic E-state index is 14.9. The van der Waals surface area contributed by atoms with Gasteiger partial charge in [-0.1, -0.05) is 0 Å². The molecule has 1 fully saturated rings. The van der Waals surface area contributed by atoms with Crippen molar-refractivity contribution in [1.82, 2.24) is 4.98 Å². The zero-order chi connectivity index (χ0) is 17.1. The Balaban J connectivity index is 1.98. The fraction of sp³-hybridized carbons (Fsp3) is 0.353. The molecule has 1 aromatic heterocycles. The normalized spacial score (nSPS) is 17.2. The van der Waals surface area contributed by atoms with Gasteiger partial charge in [0.15, 0.2) is 17.3 Å². The topological polar surface area (TPSA) is 60.8 Å². The first kappa shape index (κ1) is 16.7. The highest BCUT2D eigenvalue weighted by Gasteiger charge is 2.30. The van der Waals surface area contributed by atoms with Gasteiger partial charge in [0.1, 0.15) is 0 Å². The Labute approximate surface area is 140 Å². The lowest BCUT2D eigenvalue weighted by Crippen LogP contribution is -2.07. The van der Waals surface area contributed by atoms with Crippen LogP contribution in [0.25, 0.3) is 11.1 Å². The number of hydrogen-bond acceptors (Lipinski definition) is 5. The molecular weight excluding hydrogens is 312 g/mol. The van der Waals surface area contributed by atoms with E-state index in [2.05, 4.69) is 4.98 Å². The third-order valence-electron chi connectivity index (χ3n) is 4.09. The molecule has 5 nitrogen and oxygen atoms in total. The molecule has 3 rings (SSSR count). The van der Waals surface area contributed by atoms with Crippen LogP contribution in [0.15, 0.2) is 30.6 Å². The second-order valence-corrected chi connectivity index (χ2v) is 5.62. The lowest BCUT2D eigenvalue weighted by molar-refractivity contribution is 0.292. The molecule has 0 unspecified atom stereocenters. The molecular formula is C17H19BFNO4. The highest BCUT2D eigenvalue weighted by molar-refractivity contribution is 6.43. The molecule has 1 atom stereocenters. The molecule has 1 aromatic carbocycles. The van der Waals surface area contributed by atoms with Gasteiger partial charge in [0.25, 0.3) is 0 Å². The van der Waals surface area contributed by atoms with Crippen LogP contribution in [0.3, 0.4) is 0 Å². The fourth-order valence-corrected chi connectivity index (χ4v) is 2.87. The van der Waals surface area contributed by atoms with Crippen molar-refractivity contribution in [1.29, 1.82) is 0 Å². The molecule has 0 radical (unpaired) electrons. The van der Waals surface area contributed by atoms with Crippen LogP contribution in [0.4, 0.5) is 4.39 Å². The molecule has 2 aromatic rings. The van der Waals surface area contributed by atoms with Gasteiger partial charge < -0.3 is 19.2 Å². The number of benzene rings is 1. The zero-order valence-corrected chi connectivity index (χ0v) is 13.7. The van der Waals surface area contributed by atoms with Crippen LogP contribution in [0.5, 0.6) is 11.5 Å². The van der Waals surface area contributed by atoms with E-state index in [1.165, 1.54) is 7.11 Å². The summed E-state index contributed by atoms with van der Waals surface area (Å²) in [5.74, 6) is 0.0371. The van der Waals surface area contributed by atoms with Crippen molar-refractivity contribution < 1.29 is 23.5 Å². The summed E-state index contributed by atoms with van der Waals surface area (Å²) in [5, 5.41) is 9.51. The summed E-state index contributed by atoms with van der Waals surface area (Å²) >= 11 is 0. The summed E-state index contributed by atoms with van der Waals surface area (Å²) in [6, 6.07) is 5.20. The van der Waals surface area contributed by atoms with Crippen molar-refractivity contribution in [2.75, 3.05) is 20.3 Å². The van der Waals surface area contributed by atoms with Crippen molar-refractivity contribution in [3.8, 4) is 22.6 Å². The van der Waals surface area contributed by atoms with Gasteiger partial charge >= 0.3 is 7.12 Å². The molecule has 0 aliphatic carbocycles. The largest absolute Gasteiger partial charge is 0.493 e. The summed E-state index contributed by atoms with van der Waals surface area (Å²) in [6.45, 7) is 2.56. The summed E-state index contributed by atoms with van der Waals surface area (Å²) in [5.41, 5.74) is 1.96. The van der Waals surface area contributed by atoms with E-state index in [0.29, 0.717) is 36.4 Å². The van der Waals surface area contributed by atoms with Gasteiger partial charge in [-0.05, 0) is 37.0 Å². The minimum atomic E-state index is -0.749. The Bertz CT molecular complexity index is 728. The van der Waals surface area contributed by atoms with Crippen molar-refractivity contribution in [3.63, 3.8) is 0 Å². The lowest BCUT2D eigenvalue weighted by atomic mass is 9.80. The number of halogens is 1. The first-order chi connectivity index (χ1) is 11.6. The van der Waals surface area contributed by atoms with Crippen molar-refractivity contribution in [3.05, 3.63) is 42.0 Å². The van der Waals surface area contributed by atoms with Gasteiger partial charge in [0.2, 0.25) is 0 Å². The Kier molecular flexibility index (Phi) is 5.01. The number of rotatable bonds is 5. The van der Waals surface area contributed by atoms with Crippen molar-refractivity contribution in [2.45, 2.75) is 19.2 Å². The molecule has 0 saturated carbocycles. The van der Waals surface area contributed by atoms with Crippen LogP contribution < -0.4 is 9.47 Å². The number of hydrogen-bond donors (Lipinski definition) is 1. The molecule has 1 saturated heterocycles. The Morgan fingerprint density at radius 2 is 2.25 bits per heavy atom. The average Bonchev–Trinajstić information content (AvgIpc) is 3.03. The third kappa shape index (κ3) is 3.23. The molecule has 0 spiro atoms. The summed E-state index contributed by atoms with van der Waals surface area (Å²) in [7, 11) is 0.728. The Morgan fingerprint density at radius 3 is 2.92 bits per heavy atom. The minimum absolute atomic E-state index is 0.0557. The monoisotopic (exact) mass is 331 g/mol. The number of pyridine rings is 1. The quantitative estimate of drug-likeness (QED) is 0.854.